The number of nitrogens with one attached hydrogen (secondary N) is 3. The number of benzene rings is 1. The van der Waals surface area contributed by atoms with E-state index in [4.69, 9.17) is 5.11 Å². The van der Waals surface area contributed by atoms with Crippen molar-refractivity contribution in [2.75, 3.05) is 6.54 Å². The van der Waals surface area contributed by atoms with Crippen molar-refractivity contribution >= 4 is 22.6 Å². The van der Waals surface area contributed by atoms with Crippen molar-refractivity contribution in [3.63, 3.8) is 0 Å². The van der Waals surface area contributed by atoms with E-state index in [-0.39, 0.29) is 12.0 Å². The van der Waals surface area contributed by atoms with Crippen LogP contribution in [0.3, 0.4) is 0 Å². The van der Waals surface area contributed by atoms with E-state index >= 15 is 0 Å². The van der Waals surface area contributed by atoms with Crippen molar-refractivity contribution in [1.82, 2.24) is 20.5 Å². The first-order valence-electron chi connectivity index (χ1n) is 9.52. The van der Waals surface area contributed by atoms with E-state index in [2.05, 4.69) is 60.8 Å². The predicted octanol–water partition coefficient (Wildman–Crippen LogP) is 4.35. The first-order chi connectivity index (χ1) is 13.2. The standard InChI is InChI=1S/C22H28N4O2/c1-6-16-19(11-22(3,4)5)25-26-21(16)18-10-15-9-14(7-8-17(15)24-18)13(2)23-12-20(27)28/h7-10,23-24H,2,6,11-12H2,1,3-5H3,(H,25,26)(H,27,28). The Kier molecular flexibility index (Phi) is 5.31. The fourth-order valence-electron chi connectivity index (χ4n) is 3.41. The van der Waals surface area contributed by atoms with Crippen LogP contribution < -0.4 is 5.32 Å². The van der Waals surface area contributed by atoms with Gasteiger partial charge in [-0.05, 0) is 42.0 Å². The zero-order chi connectivity index (χ0) is 20.5. The number of aromatic nitrogens is 3. The lowest BCUT2D eigenvalue weighted by Crippen LogP contribution is -2.20. The molecule has 0 amide bonds. The second-order valence-corrected chi connectivity index (χ2v) is 8.33. The molecule has 148 valence electrons. The van der Waals surface area contributed by atoms with Crippen LogP contribution in [0, 0.1) is 5.41 Å². The van der Waals surface area contributed by atoms with Gasteiger partial charge in [0.1, 0.15) is 12.2 Å². The van der Waals surface area contributed by atoms with E-state index < -0.39 is 5.97 Å². The van der Waals surface area contributed by atoms with Crippen molar-refractivity contribution in [2.24, 2.45) is 5.41 Å². The molecule has 2 aromatic heterocycles. The maximum atomic E-state index is 10.7. The van der Waals surface area contributed by atoms with Crippen LogP contribution in [0.25, 0.3) is 28.0 Å². The molecule has 0 atom stereocenters. The first kappa shape index (κ1) is 19.7. The molecule has 0 unspecified atom stereocenters. The summed E-state index contributed by atoms with van der Waals surface area (Å²) in [5.41, 5.74) is 7.02. The van der Waals surface area contributed by atoms with Gasteiger partial charge in [-0.2, -0.15) is 5.10 Å². The normalized spacial score (nSPS) is 11.7. The lowest BCUT2D eigenvalue weighted by molar-refractivity contribution is -0.135. The molecule has 0 aliphatic heterocycles. The summed E-state index contributed by atoms with van der Waals surface area (Å²) < 4.78 is 0. The van der Waals surface area contributed by atoms with Crippen LogP contribution in [0.5, 0.6) is 0 Å². The van der Waals surface area contributed by atoms with Crippen LogP contribution in [0.1, 0.15) is 44.5 Å². The van der Waals surface area contributed by atoms with Crippen LogP contribution in [0.15, 0.2) is 30.8 Å². The SMILES string of the molecule is C=C(NCC(=O)O)c1ccc2[nH]c(-c3n[nH]c(CC(C)(C)C)c3CC)cc2c1. The quantitative estimate of drug-likeness (QED) is 0.490. The number of fused-ring (bicyclic) bond motifs is 1. The van der Waals surface area contributed by atoms with E-state index in [9.17, 15) is 4.79 Å². The Bertz CT molecular complexity index is 1020. The summed E-state index contributed by atoms with van der Waals surface area (Å²) in [6, 6.07) is 7.99. The van der Waals surface area contributed by atoms with Crippen molar-refractivity contribution in [1.29, 1.82) is 0 Å². The number of hydrogen-bond acceptors (Lipinski definition) is 3. The number of hydrogen-bond donors (Lipinski definition) is 4. The third kappa shape index (κ3) is 4.27. The van der Waals surface area contributed by atoms with Gasteiger partial charge in [-0.25, -0.2) is 0 Å². The molecule has 6 nitrogen and oxygen atoms in total. The second-order valence-electron chi connectivity index (χ2n) is 8.33. The van der Waals surface area contributed by atoms with Crippen molar-refractivity contribution < 1.29 is 9.90 Å². The number of aliphatic carboxylic acids is 1. The number of H-pyrrole nitrogens is 2. The van der Waals surface area contributed by atoms with E-state index in [1.165, 1.54) is 11.3 Å². The van der Waals surface area contributed by atoms with Crippen LogP contribution in [-0.2, 0) is 17.6 Å². The Hall–Kier alpha value is -3.02. The lowest BCUT2D eigenvalue weighted by atomic mass is 9.88. The zero-order valence-electron chi connectivity index (χ0n) is 16.9. The summed E-state index contributed by atoms with van der Waals surface area (Å²) in [6.07, 6.45) is 1.86. The summed E-state index contributed by atoms with van der Waals surface area (Å²) >= 11 is 0. The molecule has 4 N–H and O–H groups in total. The van der Waals surface area contributed by atoms with Crippen LogP contribution in [-0.4, -0.2) is 32.8 Å². The van der Waals surface area contributed by atoms with E-state index in [1.54, 1.807) is 0 Å². The van der Waals surface area contributed by atoms with Crippen molar-refractivity contribution in [3.05, 3.63) is 47.7 Å². The number of rotatable bonds is 7. The monoisotopic (exact) mass is 380 g/mol. The highest BCUT2D eigenvalue weighted by Crippen LogP contribution is 2.31. The number of carbonyl (C=O) groups is 1. The van der Waals surface area contributed by atoms with Crippen molar-refractivity contribution in [3.8, 4) is 11.4 Å². The maximum Gasteiger partial charge on any atom is 0.322 e. The van der Waals surface area contributed by atoms with Gasteiger partial charge >= 0.3 is 5.97 Å². The topological polar surface area (TPSA) is 93.8 Å². The average Bonchev–Trinajstić information content (AvgIpc) is 3.20. The number of nitrogens with zero attached hydrogens (tertiary/aromatic N) is 1. The summed E-state index contributed by atoms with van der Waals surface area (Å²) in [7, 11) is 0. The number of aromatic amines is 2. The van der Waals surface area contributed by atoms with Gasteiger partial charge in [0.05, 0.1) is 5.69 Å². The minimum absolute atomic E-state index is 0.154. The highest BCUT2D eigenvalue weighted by Gasteiger charge is 2.20. The summed E-state index contributed by atoms with van der Waals surface area (Å²) in [5, 5.41) is 20.5. The molecule has 6 heteroatoms. The lowest BCUT2D eigenvalue weighted by Gasteiger charge is -2.17. The molecular formula is C22H28N4O2. The number of carboxylic acids is 1. The molecule has 0 aliphatic carbocycles. The van der Waals surface area contributed by atoms with Gasteiger partial charge in [0, 0.05) is 27.9 Å². The molecular weight excluding hydrogens is 352 g/mol. The molecule has 3 aromatic rings. The Balaban J connectivity index is 1.93. The van der Waals surface area contributed by atoms with Gasteiger partial charge in [-0.15, -0.1) is 0 Å². The Morgan fingerprint density at radius 2 is 2.04 bits per heavy atom. The molecule has 0 saturated carbocycles. The van der Waals surface area contributed by atoms with Crippen LogP contribution in [0.2, 0.25) is 0 Å². The first-order valence-corrected chi connectivity index (χ1v) is 9.52. The fraction of sp³-hybridized carbons (Fsp3) is 0.364. The van der Waals surface area contributed by atoms with Gasteiger partial charge in [0.25, 0.3) is 0 Å². The van der Waals surface area contributed by atoms with E-state index in [0.29, 0.717) is 5.70 Å². The molecule has 0 aliphatic rings. The summed E-state index contributed by atoms with van der Waals surface area (Å²) in [6.45, 7) is 12.6. The fourth-order valence-corrected chi connectivity index (χ4v) is 3.41. The zero-order valence-corrected chi connectivity index (χ0v) is 16.9. The van der Waals surface area contributed by atoms with Crippen LogP contribution >= 0.6 is 0 Å². The van der Waals surface area contributed by atoms with Crippen LogP contribution in [0.4, 0.5) is 0 Å². The highest BCUT2D eigenvalue weighted by molar-refractivity contribution is 5.88. The van der Waals surface area contributed by atoms with Gasteiger partial charge in [-0.3, -0.25) is 9.89 Å². The van der Waals surface area contributed by atoms with Gasteiger partial charge < -0.3 is 15.4 Å². The predicted molar refractivity (Wildman–Crippen MR) is 113 cm³/mol. The summed E-state index contributed by atoms with van der Waals surface area (Å²) in [5.74, 6) is -0.914. The molecule has 0 fully saturated rings. The molecule has 1 aromatic carbocycles. The molecule has 0 radical (unpaired) electrons. The van der Waals surface area contributed by atoms with E-state index in [0.717, 1.165) is 40.7 Å². The minimum Gasteiger partial charge on any atom is -0.480 e. The maximum absolute atomic E-state index is 10.7. The minimum atomic E-state index is -0.914. The smallest absolute Gasteiger partial charge is 0.322 e. The Labute approximate surface area is 165 Å². The van der Waals surface area contributed by atoms with Gasteiger partial charge in [-0.1, -0.05) is 40.3 Å². The molecule has 3 rings (SSSR count). The summed E-state index contributed by atoms with van der Waals surface area (Å²) in [4.78, 5) is 14.2. The number of carboxylic acid groups (broad SMARTS) is 1. The molecule has 0 spiro atoms. The highest BCUT2D eigenvalue weighted by atomic mass is 16.4. The van der Waals surface area contributed by atoms with E-state index in [1.807, 2.05) is 18.2 Å². The third-order valence-corrected chi connectivity index (χ3v) is 4.69. The largest absolute Gasteiger partial charge is 0.480 e. The van der Waals surface area contributed by atoms with Gasteiger partial charge in [0.15, 0.2) is 0 Å². The molecule has 2 heterocycles. The third-order valence-electron chi connectivity index (χ3n) is 4.69. The average molecular weight is 380 g/mol. The molecule has 28 heavy (non-hydrogen) atoms. The van der Waals surface area contributed by atoms with Gasteiger partial charge in [0.2, 0.25) is 0 Å². The second kappa shape index (κ2) is 7.54. The van der Waals surface area contributed by atoms with Crippen molar-refractivity contribution in [2.45, 2.75) is 40.5 Å². The Morgan fingerprint density at radius 1 is 1.29 bits per heavy atom. The Morgan fingerprint density at radius 3 is 2.68 bits per heavy atom. The molecule has 0 saturated heterocycles. The molecule has 0 bridgehead atoms.